The molecule has 0 bridgehead atoms. The molecular formula is C17H25N3O. The standard InChI is InChI=1S/C17H25N3O/c1-3-11-20(17(21)6-4-5-14(2)19)13-16-9-7-15(12-18)8-10-16/h7-10,14H,3-6,11,13,19H2,1-2H3. The Labute approximate surface area is 127 Å². The van der Waals surface area contributed by atoms with Crippen molar-refractivity contribution < 1.29 is 4.79 Å². The van der Waals surface area contributed by atoms with Crippen molar-refractivity contribution in [3.8, 4) is 6.07 Å². The van der Waals surface area contributed by atoms with Crippen molar-refractivity contribution in [2.75, 3.05) is 6.54 Å². The number of nitrogens with zero attached hydrogens (tertiary/aromatic N) is 2. The quantitative estimate of drug-likeness (QED) is 0.799. The molecule has 0 saturated heterocycles. The molecule has 1 amide bonds. The lowest BCUT2D eigenvalue weighted by Gasteiger charge is -2.22. The van der Waals surface area contributed by atoms with Gasteiger partial charge in [-0.05, 0) is 43.9 Å². The molecule has 4 nitrogen and oxygen atoms in total. The molecule has 1 aromatic rings. The van der Waals surface area contributed by atoms with E-state index in [-0.39, 0.29) is 11.9 Å². The summed E-state index contributed by atoms with van der Waals surface area (Å²) in [5.41, 5.74) is 7.41. The number of carbonyl (C=O) groups is 1. The van der Waals surface area contributed by atoms with E-state index in [1.807, 2.05) is 24.0 Å². The summed E-state index contributed by atoms with van der Waals surface area (Å²) in [6, 6.07) is 9.66. The van der Waals surface area contributed by atoms with Gasteiger partial charge in [0.25, 0.3) is 0 Å². The van der Waals surface area contributed by atoms with Crippen molar-refractivity contribution in [2.24, 2.45) is 5.73 Å². The van der Waals surface area contributed by atoms with Crippen LogP contribution in [0.1, 0.15) is 50.7 Å². The molecule has 1 atom stereocenters. The molecule has 2 N–H and O–H groups in total. The second-order valence-electron chi connectivity index (χ2n) is 5.49. The summed E-state index contributed by atoms with van der Waals surface area (Å²) in [6.45, 7) is 5.40. The Hall–Kier alpha value is -1.86. The molecule has 0 saturated carbocycles. The molecule has 0 aromatic heterocycles. The van der Waals surface area contributed by atoms with E-state index in [1.54, 1.807) is 12.1 Å². The van der Waals surface area contributed by atoms with Crippen molar-refractivity contribution in [1.82, 2.24) is 4.90 Å². The molecule has 0 aliphatic rings. The molecule has 0 fully saturated rings. The summed E-state index contributed by atoms with van der Waals surface area (Å²) in [4.78, 5) is 14.2. The van der Waals surface area contributed by atoms with Gasteiger partial charge in [-0.25, -0.2) is 0 Å². The van der Waals surface area contributed by atoms with Crippen LogP contribution in [0.25, 0.3) is 0 Å². The molecule has 4 heteroatoms. The van der Waals surface area contributed by atoms with Gasteiger partial charge in [0.05, 0.1) is 11.6 Å². The van der Waals surface area contributed by atoms with Gasteiger partial charge in [0, 0.05) is 25.6 Å². The maximum Gasteiger partial charge on any atom is 0.222 e. The Balaban J connectivity index is 2.59. The number of amides is 1. The van der Waals surface area contributed by atoms with Crippen molar-refractivity contribution in [3.63, 3.8) is 0 Å². The molecule has 1 aromatic carbocycles. The fraction of sp³-hybridized carbons (Fsp3) is 0.529. The lowest BCUT2D eigenvalue weighted by atomic mass is 10.1. The number of nitrogens with two attached hydrogens (primary N) is 1. The monoisotopic (exact) mass is 287 g/mol. The predicted octanol–water partition coefficient (Wildman–Crippen LogP) is 2.81. The van der Waals surface area contributed by atoms with E-state index < -0.39 is 0 Å². The fourth-order valence-corrected chi connectivity index (χ4v) is 2.20. The van der Waals surface area contributed by atoms with Gasteiger partial charge >= 0.3 is 0 Å². The van der Waals surface area contributed by atoms with Gasteiger partial charge in [-0.1, -0.05) is 19.1 Å². The summed E-state index contributed by atoms with van der Waals surface area (Å²) in [7, 11) is 0. The Morgan fingerprint density at radius 3 is 2.57 bits per heavy atom. The van der Waals surface area contributed by atoms with Crippen LogP contribution in [0.3, 0.4) is 0 Å². The SMILES string of the molecule is CCCN(Cc1ccc(C#N)cc1)C(=O)CCCC(C)N. The van der Waals surface area contributed by atoms with Gasteiger partial charge in [0.15, 0.2) is 0 Å². The first kappa shape index (κ1) is 17.2. The first-order chi connectivity index (χ1) is 10.1. The zero-order valence-electron chi connectivity index (χ0n) is 13.0. The number of carbonyl (C=O) groups excluding carboxylic acids is 1. The van der Waals surface area contributed by atoms with Crippen LogP contribution in [-0.2, 0) is 11.3 Å². The highest BCUT2D eigenvalue weighted by atomic mass is 16.2. The van der Waals surface area contributed by atoms with Crippen LogP contribution in [0, 0.1) is 11.3 Å². The largest absolute Gasteiger partial charge is 0.338 e. The minimum Gasteiger partial charge on any atom is -0.338 e. The van der Waals surface area contributed by atoms with E-state index in [2.05, 4.69) is 13.0 Å². The summed E-state index contributed by atoms with van der Waals surface area (Å²) < 4.78 is 0. The first-order valence-corrected chi connectivity index (χ1v) is 7.59. The second-order valence-corrected chi connectivity index (χ2v) is 5.49. The fourth-order valence-electron chi connectivity index (χ4n) is 2.20. The summed E-state index contributed by atoms with van der Waals surface area (Å²) >= 11 is 0. The van der Waals surface area contributed by atoms with Crippen LogP contribution in [0.2, 0.25) is 0 Å². The summed E-state index contributed by atoms with van der Waals surface area (Å²) in [5.74, 6) is 0.182. The van der Waals surface area contributed by atoms with E-state index >= 15 is 0 Å². The predicted molar refractivity (Wildman–Crippen MR) is 84.4 cm³/mol. The number of hydrogen-bond acceptors (Lipinski definition) is 3. The molecule has 0 spiro atoms. The third kappa shape index (κ3) is 6.42. The zero-order valence-corrected chi connectivity index (χ0v) is 13.0. The van der Waals surface area contributed by atoms with Gasteiger partial charge in [-0.15, -0.1) is 0 Å². The smallest absolute Gasteiger partial charge is 0.222 e. The number of nitriles is 1. The summed E-state index contributed by atoms with van der Waals surface area (Å²) in [6.07, 6.45) is 3.21. The second kappa shape index (κ2) is 9.15. The maximum absolute atomic E-state index is 12.3. The molecule has 21 heavy (non-hydrogen) atoms. The number of rotatable bonds is 8. The first-order valence-electron chi connectivity index (χ1n) is 7.59. The lowest BCUT2D eigenvalue weighted by Crippen LogP contribution is -2.31. The lowest BCUT2D eigenvalue weighted by molar-refractivity contribution is -0.132. The van der Waals surface area contributed by atoms with Gasteiger partial charge < -0.3 is 10.6 Å². The number of hydrogen-bond donors (Lipinski definition) is 1. The third-order valence-electron chi connectivity index (χ3n) is 3.35. The highest BCUT2D eigenvalue weighted by molar-refractivity contribution is 5.76. The van der Waals surface area contributed by atoms with E-state index in [0.717, 1.165) is 31.4 Å². The molecule has 0 aliphatic heterocycles. The average molecular weight is 287 g/mol. The average Bonchev–Trinajstić information content (AvgIpc) is 2.47. The van der Waals surface area contributed by atoms with E-state index in [1.165, 1.54) is 0 Å². The number of benzene rings is 1. The maximum atomic E-state index is 12.3. The minimum atomic E-state index is 0.149. The van der Waals surface area contributed by atoms with Gasteiger partial charge in [0.2, 0.25) is 5.91 Å². The van der Waals surface area contributed by atoms with Crippen LogP contribution in [-0.4, -0.2) is 23.4 Å². The van der Waals surface area contributed by atoms with Crippen LogP contribution in [0.5, 0.6) is 0 Å². The van der Waals surface area contributed by atoms with Gasteiger partial charge in [0.1, 0.15) is 0 Å². The Bertz CT molecular complexity index is 474. The molecule has 114 valence electrons. The molecule has 1 unspecified atom stereocenters. The van der Waals surface area contributed by atoms with E-state index in [4.69, 9.17) is 11.0 Å². The van der Waals surface area contributed by atoms with Gasteiger partial charge in [-0.2, -0.15) is 5.26 Å². The Morgan fingerprint density at radius 1 is 1.38 bits per heavy atom. The Morgan fingerprint density at radius 2 is 2.05 bits per heavy atom. The highest BCUT2D eigenvalue weighted by Crippen LogP contribution is 2.10. The van der Waals surface area contributed by atoms with Crippen molar-refractivity contribution in [3.05, 3.63) is 35.4 Å². The van der Waals surface area contributed by atoms with Crippen molar-refractivity contribution in [1.29, 1.82) is 5.26 Å². The minimum absolute atomic E-state index is 0.149. The van der Waals surface area contributed by atoms with E-state index in [9.17, 15) is 4.79 Å². The summed E-state index contributed by atoms with van der Waals surface area (Å²) in [5, 5.41) is 8.80. The third-order valence-corrected chi connectivity index (χ3v) is 3.35. The van der Waals surface area contributed by atoms with Crippen LogP contribution < -0.4 is 5.73 Å². The zero-order chi connectivity index (χ0) is 15.7. The van der Waals surface area contributed by atoms with Crippen LogP contribution >= 0.6 is 0 Å². The van der Waals surface area contributed by atoms with Crippen LogP contribution in [0.15, 0.2) is 24.3 Å². The highest BCUT2D eigenvalue weighted by Gasteiger charge is 2.13. The van der Waals surface area contributed by atoms with Crippen molar-refractivity contribution >= 4 is 5.91 Å². The molecular weight excluding hydrogens is 262 g/mol. The molecule has 1 rings (SSSR count). The van der Waals surface area contributed by atoms with Crippen LogP contribution in [0.4, 0.5) is 0 Å². The normalized spacial score (nSPS) is 11.7. The topological polar surface area (TPSA) is 70.1 Å². The molecule has 0 heterocycles. The molecule has 0 radical (unpaired) electrons. The van der Waals surface area contributed by atoms with Crippen molar-refractivity contribution in [2.45, 2.75) is 52.1 Å². The van der Waals surface area contributed by atoms with Gasteiger partial charge in [-0.3, -0.25) is 4.79 Å². The Kier molecular flexibility index (Phi) is 7.49. The van der Waals surface area contributed by atoms with E-state index in [0.29, 0.717) is 18.5 Å². The molecule has 0 aliphatic carbocycles.